The van der Waals surface area contributed by atoms with Gasteiger partial charge in [-0.3, -0.25) is 4.90 Å². The molecule has 0 spiro atoms. The van der Waals surface area contributed by atoms with Crippen LogP contribution in [0.5, 0.6) is 11.5 Å². The summed E-state index contributed by atoms with van der Waals surface area (Å²) in [5.74, 6) is 1.71. The van der Waals surface area contributed by atoms with E-state index in [2.05, 4.69) is 24.0 Å². The molecule has 0 bridgehead atoms. The van der Waals surface area contributed by atoms with Crippen LogP contribution in [-0.2, 0) is 11.3 Å². The number of methoxy groups -OCH3 is 1. The van der Waals surface area contributed by atoms with Crippen LogP contribution in [0.2, 0.25) is 0 Å². The van der Waals surface area contributed by atoms with Crippen molar-refractivity contribution in [1.29, 1.82) is 0 Å². The van der Waals surface area contributed by atoms with Crippen molar-refractivity contribution in [3.05, 3.63) is 23.3 Å². The van der Waals surface area contributed by atoms with E-state index in [0.29, 0.717) is 19.8 Å². The highest BCUT2D eigenvalue weighted by molar-refractivity contribution is 5.47. The molecule has 24 heavy (non-hydrogen) atoms. The van der Waals surface area contributed by atoms with Crippen LogP contribution in [0.3, 0.4) is 0 Å². The number of aryl methyl sites for hydroxylation is 1. The van der Waals surface area contributed by atoms with Crippen molar-refractivity contribution in [2.24, 2.45) is 5.41 Å². The monoisotopic (exact) mass is 335 g/mol. The molecule has 0 aromatic heterocycles. The average Bonchev–Trinajstić information content (AvgIpc) is 2.61. The smallest absolute Gasteiger partial charge is 0.161 e. The molecule has 0 saturated carbocycles. The van der Waals surface area contributed by atoms with E-state index in [1.54, 1.807) is 7.11 Å². The third-order valence-corrected chi connectivity index (χ3v) is 5.31. The summed E-state index contributed by atoms with van der Waals surface area (Å²) in [4.78, 5) is 2.45. The van der Waals surface area contributed by atoms with E-state index in [4.69, 9.17) is 14.2 Å². The molecule has 5 nitrogen and oxygen atoms in total. The van der Waals surface area contributed by atoms with Crippen LogP contribution in [0.25, 0.3) is 0 Å². The second-order valence-corrected chi connectivity index (χ2v) is 7.14. The zero-order chi connectivity index (χ0) is 17.0. The van der Waals surface area contributed by atoms with Crippen molar-refractivity contribution in [3.8, 4) is 11.5 Å². The molecule has 1 saturated heterocycles. The van der Waals surface area contributed by atoms with E-state index in [0.717, 1.165) is 50.4 Å². The first kappa shape index (κ1) is 17.5. The second-order valence-electron chi connectivity index (χ2n) is 7.14. The van der Waals surface area contributed by atoms with Crippen molar-refractivity contribution in [2.45, 2.75) is 32.7 Å². The van der Waals surface area contributed by atoms with Gasteiger partial charge >= 0.3 is 0 Å². The molecule has 5 heteroatoms. The molecule has 2 aliphatic rings. The van der Waals surface area contributed by atoms with E-state index in [-0.39, 0.29) is 12.0 Å². The highest BCUT2D eigenvalue weighted by Crippen LogP contribution is 2.36. The molecule has 1 N–H and O–H groups in total. The molecule has 1 unspecified atom stereocenters. The minimum absolute atomic E-state index is 0.0318. The third kappa shape index (κ3) is 3.85. The van der Waals surface area contributed by atoms with Crippen LogP contribution in [-0.4, -0.2) is 56.6 Å². The molecule has 1 aromatic carbocycles. The van der Waals surface area contributed by atoms with Gasteiger partial charge in [0.25, 0.3) is 0 Å². The zero-order valence-corrected chi connectivity index (χ0v) is 14.8. The molecule has 0 aliphatic carbocycles. The Morgan fingerprint density at radius 3 is 2.71 bits per heavy atom. The van der Waals surface area contributed by atoms with E-state index in [1.807, 2.05) is 0 Å². The van der Waals surface area contributed by atoms with Crippen LogP contribution < -0.4 is 9.47 Å². The fourth-order valence-electron chi connectivity index (χ4n) is 3.82. The fourth-order valence-corrected chi connectivity index (χ4v) is 3.82. The molecule has 0 radical (unpaired) electrons. The first-order valence-electron chi connectivity index (χ1n) is 8.87. The number of aliphatic hydroxyl groups is 1. The molecular weight excluding hydrogens is 306 g/mol. The van der Waals surface area contributed by atoms with Crippen LogP contribution in [0, 0.1) is 12.3 Å². The van der Waals surface area contributed by atoms with Gasteiger partial charge in [0.05, 0.1) is 6.61 Å². The molecule has 0 amide bonds. The topological polar surface area (TPSA) is 51.2 Å². The van der Waals surface area contributed by atoms with Gasteiger partial charge in [0.2, 0.25) is 0 Å². The SMILES string of the molecule is COCCC1(CO)CCCN(Cc2cc3c(cc2C)OCCO3)C1. The van der Waals surface area contributed by atoms with Gasteiger partial charge < -0.3 is 19.3 Å². The summed E-state index contributed by atoms with van der Waals surface area (Å²) in [7, 11) is 1.73. The van der Waals surface area contributed by atoms with Crippen LogP contribution in [0.4, 0.5) is 0 Å². The summed E-state index contributed by atoms with van der Waals surface area (Å²) in [6, 6.07) is 4.20. The predicted molar refractivity (Wildman–Crippen MR) is 92.7 cm³/mol. The Morgan fingerprint density at radius 1 is 1.25 bits per heavy atom. The molecule has 1 aromatic rings. The van der Waals surface area contributed by atoms with Crippen molar-refractivity contribution in [3.63, 3.8) is 0 Å². The predicted octanol–water partition coefficient (Wildman–Crippen LogP) is 2.38. The molecule has 134 valence electrons. The number of rotatable bonds is 6. The lowest BCUT2D eigenvalue weighted by molar-refractivity contribution is 0.00466. The largest absolute Gasteiger partial charge is 0.486 e. The lowest BCUT2D eigenvalue weighted by Gasteiger charge is -2.42. The summed E-state index contributed by atoms with van der Waals surface area (Å²) < 4.78 is 16.6. The van der Waals surface area contributed by atoms with Gasteiger partial charge in [-0.1, -0.05) is 0 Å². The molecule has 2 aliphatic heterocycles. The molecule has 1 atom stereocenters. The number of likely N-dealkylation sites (tertiary alicyclic amines) is 1. The number of hydrogen-bond donors (Lipinski definition) is 1. The van der Waals surface area contributed by atoms with Crippen LogP contribution >= 0.6 is 0 Å². The molecule has 1 fully saturated rings. The van der Waals surface area contributed by atoms with Gasteiger partial charge in [-0.05, 0) is 56.0 Å². The average molecular weight is 335 g/mol. The summed E-state index contributed by atoms with van der Waals surface area (Å²) >= 11 is 0. The Labute approximate surface area is 144 Å². The summed E-state index contributed by atoms with van der Waals surface area (Å²) in [5, 5.41) is 9.95. The van der Waals surface area contributed by atoms with Crippen molar-refractivity contribution >= 4 is 0 Å². The first-order chi connectivity index (χ1) is 11.7. The van der Waals surface area contributed by atoms with Gasteiger partial charge in [0.15, 0.2) is 11.5 Å². The Bertz CT molecular complexity index is 563. The van der Waals surface area contributed by atoms with E-state index < -0.39 is 0 Å². The Hall–Kier alpha value is -1.30. The number of fused-ring (bicyclic) bond motifs is 1. The van der Waals surface area contributed by atoms with Gasteiger partial charge in [-0.2, -0.15) is 0 Å². The maximum absolute atomic E-state index is 9.95. The van der Waals surface area contributed by atoms with Crippen LogP contribution in [0.15, 0.2) is 12.1 Å². The van der Waals surface area contributed by atoms with E-state index >= 15 is 0 Å². The van der Waals surface area contributed by atoms with E-state index in [9.17, 15) is 5.11 Å². The molecular formula is C19H29NO4. The van der Waals surface area contributed by atoms with Gasteiger partial charge in [-0.25, -0.2) is 0 Å². The van der Waals surface area contributed by atoms with Gasteiger partial charge in [0, 0.05) is 32.2 Å². The standard InChI is InChI=1S/C19H29NO4/c1-15-10-17-18(24-9-8-23-17)11-16(15)12-20-6-3-4-19(13-20,14-21)5-7-22-2/h10-11,21H,3-9,12-14H2,1-2H3. The zero-order valence-electron chi connectivity index (χ0n) is 14.8. The van der Waals surface area contributed by atoms with E-state index in [1.165, 1.54) is 11.1 Å². The number of ether oxygens (including phenoxy) is 3. The Balaban J connectivity index is 1.71. The second kappa shape index (κ2) is 7.72. The summed E-state index contributed by atoms with van der Waals surface area (Å²) in [6.07, 6.45) is 3.11. The molecule has 3 rings (SSSR count). The number of aliphatic hydroxyl groups excluding tert-OH is 1. The van der Waals surface area contributed by atoms with Gasteiger partial charge in [0.1, 0.15) is 13.2 Å². The Kier molecular flexibility index (Phi) is 5.64. The van der Waals surface area contributed by atoms with Crippen LogP contribution in [0.1, 0.15) is 30.4 Å². The number of nitrogens with zero attached hydrogens (tertiary/aromatic N) is 1. The van der Waals surface area contributed by atoms with Crippen molar-refractivity contribution < 1.29 is 19.3 Å². The lowest BCUT2D eigenvalue weighted by Crippen LogP contribution is -2.45. The minimum atomic E-state index is -0.0318. The maximum Gasteiger partial charge on any atom is 0.161 e. The number of benzene rings is 1. The fraction of sp³-hybridized carbons (Fsp3) is 0.684. The lowest BCUT2D eigenvalue weighted by atomic mass is 9.78. The highest BCUT2D eigenvalue weighted by atomic mass is 16.6. The Morgan fingerprint density at radius 2 is 2.00 bits per heavy atom. The van der Waals surface area contributed by atoms with Crippen molar-refractivity contribution in [2.75, 3.05) is 46.6 Å². The maximum atomic E-state index is 9.95. The number of hydrogen-bond acceptors (Lipinski definition) is 5. The molecule has 2 heterocycles. The highest BCUT2D eigenvalue weighted by Gasteiger charge is 2.34. The number of piperidine rings is 1. The summed E-state index contributed by atoms with van der Waals surface area (Å²) in [6.45, 7) is 7.17. The van der Waals surface area contributed by atoms with Gasteiger partial charge in [-0.15, -0.1) is 0 Å². The van der Waals surface area contributed by atoms with Crippen molar-refractivity contribution in [1.82, 2.24) is 4.90 Å². The normalized spacial score (nSPS) is 24.1. The third-order valence-electron chi connectivity index (χ3n) is 5.31. The first-order valence-corrected chi connectivity index (χ1v) is 8.87. The quantitative estimate of drug-likeness (QED) is 0.865. The minimum Gasteiger partial charge on any atom is -0.486 e. The summed E-state index contributed by atoms with van der Waals surface area (Å²) in [5.41, 5.74) is 2.48.